The summed E-state index contributed by atoms with van der Waals surface area (Å²) in [5.74, 6) is -0.939. The van der Waals surface area contributed by atoms with E-state index in [0.717, 1.165) is 18.8 Å². The summed E-state index contributed by atoms with van der Waals surface area (Å²) in [6.45, 7) is 4.91. The SMILES string of the molecule is CCN1C(=O)C(c2ccc(F)cc2)=C(N2CCN(c3ccccc3)CC2)C1=O. The van der Waals surface area contributed by atoms with E-state index in [1.54, 1.807) is 19.1 Å². The highest BCUT2D eigenvalue weighted by Gasteiger charge is 2.41. The highest BCUT2D eigenvalue weighted by Crippen LogP contribution is 2.32. The molecular formula is C22H22FN3O2. The summed E-state index contributed by atoms with van der Waals surface area (Å²) >= 11 is 0. The summed E-state index contributed by atoms with van der Waals surface area (Å²) in [4.78, 5) is 31.4. The average Bonchev–Trinajstić information content (AvgIpc) is 2.99. The van der Waals surface area contributed by atoms with Gasteiger partial charge in [0.2, 0.25) is 0 Å². The van der Waals surface area contributed by atoms with E-state index in [1.165, 1.54) is 17.0 Å². The largest absolute Gasteiger partial charge is 0.368 e. The van der Waals surface area contributed by atoms with E-state index in [-0.39, 0.29) is 17.6 Å². The molecule has 28 heavy (non-hydrogen) atoms. The first-order chi connectivity index (χ1) is 13.6. The van der Waals surface area contributed by atoms with Crippen molar-refractivity contribution in [3.63, 3.8) is 0 Å². The van der Waals surface area contributed by atoms with E-state index in [4.69, 9.17) is 0 Å². The van der Waals surface area contributed by atoms with Crippen molar-refractivity contribution in [1.82, 2.24) is 9.80 Å². The van der Waals surface area contributed by atoms with Gasteiger partial charge in [0.15, 0.2) is 0 Å². The lowest BCUT2D eigenvalue weighted by atomic mass is 10.0. The zero-order valence-corrected chi connectivity index (χ0v) is 15.8. The molecule has 2 heterocycles. The Morgan fingerprint density at radius 1 is 0.821 bits per heavy atom. The Morgan fingerprint density at radius 2 is 1.43 bits per heavy atom. The number of anilines is 1. The molecule has 0 unspecified atom stereocenters. The first-order valence-electron chi connectivity index (χ1n) is 9.51. The monoisotopic (exact) mass is 379 g/mol. The van der Waals surface area contributed by atoms with Gasteiger partial charge >= 0.3 is 0 Å². The van der Waals surface area contributed by atoms with Gasteiger partial charge in [-0.3, -0.25) is 14.5 Å². The average molecular weight is 379 g/mol. The van der Waals surface area contributed by atoms with Gasteiger partial charge in [0.25, 0.3) is 11.8 Å². The quantitative estimate of drug-likeness (QED) is 0.767. The Bertz CT molecular complexity index is 917. The lowest BCUT2D eigenvalue weighted by Crippen LogP contribution is -2.47. The number of carbonyl (C=O) groups excluding carboxylic acids is 2. The van der Waals surface area contributed by atoms with Crippen LogP contribution in [0.15, 0.2) is 60.3 Å². The van der Waals surface area contributed by atoms with Crippen molar-refractivity contribution in [3.8, 4) is 0 Å². The molecule has 0 saturated carbocycles. The number of halogens is 1. The molecule has 4 rings (SSSR count). The van der Waals surface area contributed by atoms with Crippen LogP contribution >= 0.6 is 0 Å². The zero-order valence-electron chi connectivity index (χ0n) is 15.8. The summed E-state index contributed by atoms with van der Waals surface area (Å²) in [5.41, 5.74) is 2.54. The third-order valence-corrected chi connectivity index (χ3v) is 5.31. The Labute approximate surface area is 163 Å². The fourth-order valence-electron chi connectivity index (χ4n) is 3.85. The normalized spacial score (nSPS) is 17.7. The van der Waals surface area contributed by atoms with Crippen LogP contribution in [-0.4, -0.2) is 54.3 Å². The van der Waals surface area contributed by atoms with Crippen LogP contribution in [0.4, 0.5) is 10.1 Å². The van der Waals surface area contributed by atoms with Gasteiger partial charge in [0.1, 0.15) is 11.5 Å². The Balaban J connectivity index is 1.64. The molecule has 0 bridgehead atoms. The molecule has 0 aliphatic carbocycles. The minimum atomic E-state index is -0.369. The van der Waals surface area contributed by atoms with Crippen molar-refractivity contribution < 1.29 is 14.0 Å². The van der Waals surface area contributed by atoms with E-state index in [1.807, 2.05) is 23.1 Å². The number of piperazine rings is 1. The van der Waals surface area contributed by atoms with Gasteiger partial charge < -0.3 is 9.80 Å². The van der Waals surface area contributed by atoms with Crippen LogP contribution in [0.5, 0.6) is 0 Å². The number of rotatable bonds is 4. The minimum Gasteiger partial charge on any atom is -0.368 e. The number of carbonyl (C=O) groups is 2. The third-order valence-electron chi connectivity index (χ3n) is 5.31. The van der Waals surface area contributed by atoms with Crippen molar-refractivity contribution in [2.24, 2.45) is 0 Å². The predicted molar refractivity (Wildman–Crippen MR) is 106 cm³/mol. The summed E-state index contributed by atoms with van der Waals surface area (Å²) < 4.78 is 13.4. The molecule has 2 aliphatic rings. The molecule has 2 amide bonds. The highest BCUT2D eigenvalue weighted by atomic mass is 19.1. The van der Waals surface area contributed by atoms with Gasteiger partial charge in [0, 0.05) is 38.4 Å². The maximum Gasteiger partial charge on any atom is 0.277 e. The van der Waals surface area contributed by atoms with E-state index in [2.05, 4.69) is 17.0 Å². The highest BCUT2D eigenvalue weighted by molar-refractivity contribution is 6.35. The smallest absolute Gasteiger partial charge is 0.277 e. The van der Waals surface area contributed by atoms with Crippen molar-refractivity contribution in [3.05, 3.63) is 71.7 Å². The summed E-state index contributed by atoms with van der Waals surface area (Å²) in [7, 11) is 0. The van der Waals surface area contributed by atoms with Crippen LogP contribution in [0.3, 0.4) is 0 Å². The van der Waals surface area contributed by atoms with Gasteiger partial charge in [0.05, 0.1) is 5.57 Å². The van der Waals surface area contributed by atoms with Crippen LogP contribution in [0, 0.1) is 5.82 Å². The maximum atomic E-state index is 13.4. The number of imide groups is 1. The topological polar surface area (TPSA) is 43.9 Å². The molecule has 0 radical (unpaired) electrons. The molecule has 5 nitrogen and oxygen atoms in total. The van der Waals surface area contributed by atoms with E-state index >= 15 is 0 Å². The number of nitrogens with zero attached hydrogens (tertiary/aromatic N) is 3. The number of amides is 2. The zero-order chi connectivity index (χ0) is 19.7. The Hall–Kier alpha value is -3.15. The molecule has 1 fully saturated rings. The van der Waals surface area contributed by atoms with Crippen LogP contribution < -0.4 is 4.90 Å². The van der Waals surface area contributed by atoms with Gasteiger partial charge in [-0.15, -0.1) is 0 Å². The summed E-state index contributed by atoms with van der Waals surface area (Å²) in [6.07, 6.45) is 0. The number of likely N-dealkylation sites (N-methyl/N-ethyl adjacent to an activating group) is 1. The molecule has 1 saturated heterocycles. The Morgan fingerprint density at radius 3 is 2.04 bits per heavy atom. The van der Waals surface area contributed by atoms with Crippen LogP contribution in [-0.2, 0) is 9.59 Å². The molecule has 6 heteroatoms. The molecule has 2 aromatic rings. The Kier molecular flexibility index (Phi) is 4.86. The molecule has 0 aromatic heterocycles. The van der Waals surface area contributed by atoms with Gasteiger partial charge in [-0.05, 0) is 36.8 Å². The fraction of sp³-hybridized carbons (Fsp3) is 0.273. The first kappa shape index (κ1) is 18.2. The summed E-state index contributed by atoms with van der Waals surface area (Å²) in [6, 6.07) is 15.9. The number of para-hydroxylation sites is 1. The minimum absolute atomic E-state index is 0.264. The molecule has 0 spiro atoms. The van der Waals surface area contributed by atoms with Crippen molar-refractivity contribution in [2.75, 3.05) is 37.6 Å². The van der Waals surface area contributed by atoms with Crippen LogP contribution in [0.25, 0.3) is 5.57 Å². The molecule has 2 aromatic carbocycles. The van der Waals surface area contributed by atoms with Crippen LogP contribution in [0.1, 0.15) is 12.5 Å². The molecule has 0 N–H and O–H groups in total. The van der Waals surface area contributed by atoms with Crippen LogP contribution in [0.2, 0.25) is 0 Å². The van der Waals surface area contributed by atoms with Gasteiger partial charge in [-0.25, -0.2) is 4.39 Å². The van der Waals surface area contributed by atoms with E-state index in [9.17, 15) is 14.0 Å². The second kappa shape index (κ2) is 7.46. The van der Waals surface area contributed by atoms with Crippen molar-refractivity contribution in [1.29, 1.82) is 0 Å². The first-order valence-corrected chi connectivity index (χ1v) is 9.51. The van der Waals surface area contributed by atoms with Gasteiger partial charge in [-0.2, -0.15) is 0 Å². The molecule has 0 atom stereocenters. The fourth-order valence-corrected chi connectivity index (χ4v) is 3.85. The standard InChI is InChI=1S/C22H22FN3O2/c1-2-26-21(27)19(16-8-10-17(23)11-9-16)20(22(26)28)25-14-12-24(13-15-25)18-6-4-3-5-7-18/h3-11H,2,12-15H2,1H3. The second-order valence-corrected chi connectivity index (χ2v) is 6.89. The van der Waals surface area contributed by atoms with Crippen molar-refractivity contribution in [2.45, 2.75) is 6.92 Å². The third kappa shape index (κ3) is 3.15. The predicted octanol–water partition coefficient (Wildman–Crippen LogP) is 2.75. The molecule has 2 aliphatic heterocycles. The van der Waals surface area contributed by atoms with E-state index < -0.39 is 0 Å². The maximum absolute atomic E-state index is 13.4. The van der Waals surface area contributed by atoms with Crippen molar-refractivity contribution >= 4 is 23.1 Å². The summed E-state index contributed by atoms with van der Waals surface area (Å²) in [5, 5.41) is 0. The second-order valence-electron chi connectivity index (χ2n) is 6.89. The van der Waals surface area contributed by atoms with Gasteiger partial charge in [-0.1, -0.05) is 30.3 Å². The lowest BCUT2D eigenvalue weighted by Gasteiger charge is -2.37. The number of hydrogen-bond donors (Lipinski definition) is 0. The number of benzene rings is 2. The molecular weight excluding hydrogens is 357 g/mol. The lowest BCUT2D eigenvalue weighted by molar-refractivity contribution is -0.137. The molecule has 144 valence electrons. The van der Waals surface area contributed by atoms with E-state index in [0.29, 0.717) is 36.5 Å². The number of hydrogen-bond acceptors (Lipinski definition) is 4.